The van der Waals surface area contributed by atoms with E-state index < -0.39 is 17.8 Å². The molecule has 3 aromatic rings. The Kier molecular flexibility index (Phi) is 5.13. The molecule has 3 aromatic heterocycles. The van der Waals surface area contributed by atoms with Crippen molar-refractivity contribution in [3.8, 4) is 5.75 Å². The lowest BCUT2D eigenvalue weighted by molar-refractivity contribution is 0.0588. The Morgan fingerprint density at radius 1 is 0.966 bits per heavy atom. The number of nitrogens with one attached hydrogen (secondary N) is 1. The normalized spacial score (nSPS) is 10.6. The van der Waals surface area contributed by atoms with Crippen LogP contribution in [0.15, 0.2) is 30.7 Å². The zero-order chi connectivity index (χ0) is 21.3. The third-order valence-corrected chi connectivity index (χ3v) is 4.14. The van der Waals surface area contributed by atoms with Gasteiger partial charge in [0.25, 0.3) is 5.91 Å². The van der Waals surface area contributed by atoms with Gasteiger partial charge in [-0.2, -0.15) is 0 Å². The Labute approximate surface area is 165 Å². The summed E-state index contributed by atoms with van der Waals surface area (Å²) in [7, 11) is 6.16. The highest BCUT2D eigenvalue weighted by Crippen LogP contribution is 2.19. The van der Waals surface area contributed by atoms with Gasteiger partial charge in [-0.05, 0) is 6.07 Å². The van der Waals surface area contributed by atoms with E-state index in [4.69, 9.17) is 10.5 Å². The molecular weight excluding hydrogens is 380 g/mol. The number of carbonyl (C=O) groups is 3. The molecule has 0 radical (unpaired) electrons. The Bertz CT molecular complexity index is 1110. The van der Waals surface area contributed by atoms with Crippen LogP contribution in [0.3, 0.4) is 0 Å². The number of amides is 1. The molecule has 152 valence electrons. The first-order valence-corrected chi connectivity index (χ1v) is 8.43. The van der Waals surface area contributed by atoms with Gasteiger partial charge in [0.1, 0.15) is 17.1 Å². The fraction of sp³-hybridized carbons (Fsp3) is 0.222. The number of esters is 2. The summed E-state index contributed by atoms with van der Waals surface area (Å²) in [5.41, 5.74) is 6.71. The second-order valence-electron chi connectivity index (χ2n) is 6.34. The minimum atomic E-state index is -0.752. The molecule has 0 aliphatic heterocycles. The number of rotatable bonds is 5. The number of carbonyl (C=O) groups excluding carboxylic acids is 3. The summed E-state index contributed by atoms with van der Waals surface area (Å²) in [5.74, 6) is -1.43. The predicted molar refractivity (Wildman–Crippen MR) is 103 cm³/mol. The van der Waals surface area contributed by atoms with E-state index in [1.54, 1.807) is 31.9 Å². The first-order valence-electron chi connectivity index (χ1n) is 8.43. The van der Waals surface area contributed by atoms with Crippen molar-refractivity contribution in [2.75, 3.05) is 18.2 Å². The van der Waals surface area contributed by atoms with Crippen LogP contribution >= 0.6 is 0 Å². The second-order valence-corrected chi connectivity index (χ2v) is 6.34. The average Bonchev–Trinajstić information content (AvgIpc) is 3.31. The molecule has 0 aliphatic rings. The third kappa shape index (κ3) is 3.98. The number of imidazole rings is 1. The van der Waals surface area contributed by atoms with E-state index in [1.807, 2.05) is 0 Å². The van der Waals surface area contributed by atoms with E-state index in [1.165, 1.54) is 40.8 Å². The van der Waals surface area contributed by atoms with Crippen molar-refractivity contribution in [3.63, 3.8) is 0 Å². The highest BCUT2D eigenvalue weighted by molar-refractivity contribution is 6.03. The number of anilines is 2. The Balaban J connectivity index is 1.74. The summed E-state index contributed by atoms with van der Waals surface area (Å²) < 4.78 is 14.4. The molecule has 0 saturated carbocycles. The fourth-order valence-electron chi connectivity index (χ4n) is 2.76. The van der Waals surface area contributed by atoms with Crippen molar-refractivity contribution >= 4 is 29.4 Å². The summed E-state index contributed by atoms with van der Waals surface area (Å²) in [6.45, 7) is 0. The number of nitrogens with zero attached hydrogens (tertiary/aromatic N) is 4. The number of nitrogen functional groups attached to an aromatic ring is 1. The fourth-order valence-corrected chi connectivity index (χ4v) is 2.76. The highest BCUT2D eigenvalue weighted by Gasteiger charge is 2.21. The van der Waals surface area contributed by atoms with Crippen LogP contribution in [0.1, 0.15) is 31.6 Å². The molecule has 3 rings (SSSR count). The van der Waals surface area contributed by atoms with Gasteiger partial charge in [-0.3, -0.25) is 4.79 Å². The molecule has 0 unspecified atom stereocenters. The number of hydrogen-bond acceptors (Lipinski definition) is 7. The molecule has 0 atom stereocenters. The third-order valence-electron chi connectivity index (χ3n) is 4.14. The van der Waals surface area contributed by atoms with Crippen molar-refractivity contribution in [3.05, 3.63) is 47.9 Å². The van der Waals surface area contributed by atoms with Crippen molar-refractivity contribution in [2.45, 2.75) is 0 Å². The van der Waals surface area contributed by atoms with Crippen LogP contribution in [0.25, 0.3) is 0 Å². The monoisotopic (exact) mass is 400 g/mol. The first kappa shape index (κ1) is 19.7. The van der Waals surface area contributed by atoms with Crippen LogP contribution in [-0.4, -0.2) is 43.6 Å². The maximum Gasteiger partial charge on any atom is 0.380 e. The minimum Gasteiger partial charge on any atom is -0.464 e. The molecule has 0 spiro atoms. The van der Waals surface area contributed by atoms with Crippen LogP contribution < -0.4 is 15.8 Å². The predicted octanol–water partition coefficient (Wildman–Crippen LogP) is 0.937. The molecule has 0 saturated heterocycles. The van der Waals surface area contributed by atoms with E-state index in [0.717, 1.165) is 0 Å². The van der Waals surface area contributed by atoms with E-state index in [0.29, 0.717) is 11.4 Å². The molecule has 11 nitrogen and oxygen atoms in total. The van der Waals surface area contributed by atoms with Gasteiger partial charge in [0.15, 0.2) is 5.82 Å². The Morgan fingerprint density at radius 2 is 1.66 bits per heavy atom. The van der Waals surface area contributed by atoms with Crippen LogP contribution in [-0.2, 0) is 25.9 Å². The molecule has 1 amide bonds. The highest BCUT2D eigenvalue weighted by atomic mass is 16.5. The summed E-state index contributed by atoms with van der Waals surface area (Å²) in [5, 5.41) is 2.61. The molecular formula is C18H20N6O5. The van der Waals surface area contributed by atoms with Gasteiger partial charge in [0.2, 0.25) is 5.82 Å². The number of aromatic nitrogens is 4. The lowest BCUT2D eigenvalue weighted by atomic mass is 10.4. The van der Waals surface area contributed by atoms with Crippen LogP contribution in [0.2, 0.25) is 0 Å². The van der Waals surface area contributed by atoms with Crippen molar-refractivity contribution in [2.24, 2.45) is 21.1 Å². The first-order chi connectivity index (χ1) is 13.7. The minimum absolute atomic E-state index is 0.0323. The van der Waals surface area contributed by atoms with E-state index in [2.05, 4.69) is 15.0 Å². The largest absolute Gasteiger partial charge is 0.464 e. The van der Waals surface area contributed by atoms with E-state index >= 15 is 0 Å². The van der Waals surface area contributed by atoms with Gasteiger partial charge in [0.05, 0.1) is 12.8 Å². The van der Waals surface area contributed by atoms with Gasteiger partial charge in [0, 0.05) is 45.8 Å². The smallest absolute Gasteiger partial charge is 0.380 e. The topological polar surface area (TPSA) is 135 Å². The number of aryl methyl sites for hydroxylation is 3. The molecule has 3 N–H and O–H groups in total. The number of ether oxygens (including phenoxy) is 2. The van der Waals surface area contributed by atoms with Gasteiger partial charge in [-0.1, -0.05) is 0 Å². The van der Waals surface area contributed by atoms with Crippen LogP contribution in [0, 0.1) is 0 Å². The molecule has 0 fully saturated rings. The second kappa shape index (κ2) is 7.54. The van der Waals surface area contributed by atoms with Crippen molar-refractivity contribution in [1.29, 1.82) is 0 Å². The Hall–Kier alpha value is -4.02. The van der Waals surface area contributed by atoms with Crippen LogP contribution in [0.5, 0.6) is 5.75 Å². The molecule has 29 heavy (non-hydrogen) atoms. The molecule has 0 bridgehead atoms. The zero-order valence-electron chi connectivity index (χ0n) is 16.3. The van der Waals surface area contributed by atoms with E-state index in [-0.39, 0.29) is 23.1 Å². The quantitative estimate of drug-likeness (QED) is 0.608. The number of hydrogen-bond donors (Lipinski definition) is 2. The van der Waals surface area contributed by atoms with Crippen LogP contribution in [0.4, 0.5) is 11.5 Å². The average molecular weight is 400 g/mol. The summed E-state index contributed by atoms with van der Waals surface area (Å²) in [4.78, 5) is 40.6. The van der Waals surface area contributed by atoms with Crippen molar-refractivity contribution < 1.29 is 23.9 Å². The summed E-state index contributed by atoms with van der Waals surface area (Å²) >= 11 is 0. The van der Waals surface area contributed by atoms with E-state index in [9.17, 15) is 14.4 Å². The van der Waals surface area contributed by atoms with Gasteiger partial charge in [-0.15, -0.1) is 0 Å². The molecule has 0 aliphatic carbocycles. The van der Waals surface area contributed by atoms with Gasteiger partial charge < -0.3 is 34.2 Å². The lowest BCUT2D eigenvalue weighted by Crippen LogP contribution is -2.16. The van der Waals surface area contributed by atoms with Crippen molar-refractivity contribution in [1.82, 2.24) is 18.7 Å². The Morgan fingerprint density at radius 3 is 2.28 bits per heavy atom. The molecule has 0 aromatic carbocycles. The lowest BCUT2D eigenvalue weighted by Gasteiger charge is -2.02. The van der Waals surface area contributed by atoms with Gasteiger partial charge in [-0.25, -0.2) is 14.6 Å². The number of methoxy groups -OCH3 is 1. The maximum atomic E-state index is 12.5. The summed E-state index contributed by atoms with van der Waals surface area (Å²) in [6.07, 6.45) is 4.56. The standard InChI is InChI=1S/C18H20N6O5/c1-22-7-10(19)5-12(22)16(25)21-14-9-24(3)15(20-14)18(27)29-11-6-13(17(26)28-4)23(2)8-11/h5-9H,19H2,1-4H3,(H,21,25). The molecule has 3 heterocycles. The molecule has 11 heteroatoms. The summed E-state index contributed by atoms with van der Waals surface area (Å²) in [6, 6.07) is 2.91. The SMILES string of the molecule is COC(=O)c1cc(OC(=O)c2nc(NC(=O)c3cc(N)cn3C)cn2C)cn1C. The number of nitrogens with two attached hydrogens (primary N) is 1. The zero-order valence-corrected chi connectivity index (χ0v) is 16.3. The van der Waals surface area contributed by atoms with Gasteiger partial charge >= 0.3 is 11.9 Å². The maximum absolute atomic E-state index is 12.5.